The Kier molecular flexibility index (Phi) is 8.07. The highest BCUT2D eigenvalue weighted by atomic mass is 19.4. The lowest BCUT2D eigenvalue weighted by Crippen LogP contribution is -2.49. The molecular weight excluding hydrogens is 526 g/mol. The SMILES string of the molecule is CCCCc1ccc(NC(C(F)(F)F)C(F)(F)F)c(=O)n1Cc1ccc(-c2ccccc2-c2nn[nH]n2)cc1. The third kappa shape index (κ3) is 6.47. The molecule has 0 unspecified atom stereocenters. The predicted octanol–water partition coefficient (Wildman–Crippen LogP) is 5.99. The minimum absolute atomic E-state index is 0.0388. The number of hydrogen-bond acceptors (Lipinski definition) is 5. The average Bonchev–Trinajstić information content (AvgIpc) is 3.42. The summed E-state index contributed by atoms with van der Waals surface area (Å²) in [7, 11) is 0. The van der Waals surface area contributed by atoms with Crippen LogP contribution in [0.3, 0.4) is 0 Å². The van der Waals surface area contributed by atoms with Crippen LogP contribution in [-0.2, 0) is 13.0 Å². The maximum atomic E-state index is 13.2. The second-order valence-corrected chi connectivity index (χ2v) is 8.87. The minimum Gasteiger partial charge on any atom is -0.362 e. The highest BCUT2D eigenvalue weighted by Gasteiger charge is 2.57. The summed E-state index contributed by atoms with van der Waals surface area (Å²) in [5.41, 5.74) is 1.77. The van der Waals surface area contributed by atoms with E-state index in [4.69, 9.17) is 0 Å². The molecule has 0 aliphatic heterocycles. The first-order chi connectivity index (χ1) is 18.5. The molecule has 4 rings (SSSR count). The van der Waals surface area contributed by atoms with Crippen LogP contribution in [-0.4, -0.2) is 43.6 Å². The van der Waals surface area contributed by atoms with Crippen molar-refractivity contribution < 1.29 is 26.3 Å². The number of nitrogens with one attached hydrogen (secondary N) is 2. The quantitative estimate of drug-likeness (QED) is 0.250. The van der Waals surface area contributed by atoms with Crippen LogP contribution in [0.15, 0.2) is 65.5 Å². The third-order valence-electron chi connectivity index (χ3n) is 6.12. The van der Waals surface area contributed by atoms with Crippen molar-refractivity contribution in [3.05, 3.63) is 82.3 Å². The number of hydrogen-bond donors (Lipinski definition) is 2. The van der Waals surface area contributed by atoms with Gasteiger partial charge in [0.1, 0.15) is 5.69 Å². The molecule has 0 aliphatic carbocycles. The van der Waals surface area contributed by atoms with Gasteiger partial charge in [-0.05, 0) is 46.9 Å². The van der Waals surface area contributed by atoms with E-state index in [0.717, 1.165) is 29.2 Å². The van der Waals surface area contributed by atoms with Crippen LogP contribution in [0.4, 0.5) is 32.0 Å². The van der Waals surface area contributed by atoms with E-state index in [9.17, 15) is 31.1 Å². The van der Waals surface area contributed by atoms with Gasteiger partial charge in [-0.3, -0.25) is 4.79 Å². The molecule has 13 heteroatoms. The molecule has 7 nitrogen and oxygen atoms in total. The van der Waals surface area contributed by atoms with Crippen LogP contribution < -0.4 is 10.9 Å². The Morgan fingerprint density at radius 2 is 1.59 bits per heavy atom. The summed E-state index contributed by atoms with van der Waals surface area (Å²) in [6.07, 6.45) is -9.36. The summed E-state index contributed by atoms with van der Waals surface area (Å²) in [5, 5.41) is 15.4. The number of aromatic nitrogens is 5. The van der Waals surface area contributed by atoms with Crippen molar-refractivity contribution in [2.45, 2.75) is 51.1 Å². The van der Waals surface area contributed by atoms with E-state index < -0.39 is 29.6 Å². The maximum absolute atomic E-state index is 13.2. The second-order valence-electron chi connectivity index (χ2n) is 8.87. The number of anilines is 1. The van der Waals surface area contributed by atoms with Gasteiger partial charge in [-0.2, -0.15) is 31.6 Å². The Morgan fingerprint density at radius 1 is 0.923 bits per heavy atom. The van der Waals surface area contributed by atoms with Gasteiger partial charge in [0.2, 0.25) is 11.9 Å². The topological polar surface area (TPSA) is 88.5 Å². The summed E-state index contributed by atoms with van der Waals surface area (Å²) in [6.45, 7) is 1.89. The summed E-state index contributed by atoms with van der Waals surface area (Å²) in [6, 6.07) is 13.0. The first-order valence-corrected chi connectivity index (χ1v) is 12.0. The standard InChI is InChI=1S/C26H24F6N6O/c1-2-3-6-18-13-14-21(33-24(25(27,28)29)26(30,31)32)23(39)38(18)15-16-9-11-17(12-10-16)19-7-4-5-8-20(19)22-34-36-37-35-22/h4-5,7-14,24,33H,2-3,6,15H2,1H3,(H,34,35,36,37). The number of benzene rings is 2. The zero-order valence-electron chi connectivity index (χ0n) is 20.6. The molecule has 2 aromatic heterocycles. The number of H-pyrrole nitrogens is 1. The van der Waals surface area contributed by atoms with E-state index in [1.54, 1.807) is 24.3 Å². The normalized spacial score (nSPS) is 12.2. The molecule has 0 aliphatic rings. The van der Waals surface area contributed by atoms with Crippen molar-refractivity contribution in [2.24, 2.45) is 0 Å². The van der Waals surface area contributed by atoms with Gasteiger partial charge in [-0.25, -0.2) is 0 Å². The van der Waals surface area contributed by atoms with Crippen LogP contribution >= 0.6 is 0 Å². The molecule has 0 spiro atoms. The third-order valence-corrected chi connectivity index (χ3v) is 6.12. The number of rotatable bonds is 9. The van der Waals surface area contributed by atoms with Crippen molar-refractivity contribution in [1.82, 2.24) is 25.2 Å². The van der Waals surface area contributed by atoms with Crippen molar-refractivity contribution in [3.8, 4) is 22.5 Å². The summed E-state index contributed by atoms with van der Waals surface area (Å²) in [4.78, 5) is 13.2. The number of halogens is 6. The van der Waals surface area contributed by atoms with E-state index >= 15 is 0 Å². The Labute approximate surface area is 218 Å². The van der Waals surface area contributed by atoms with Gasteiger partial charge < -0.3 is 9.88 Å². The first-order valence-electron chi connectivity index (χ1n) is 12.0. The number of pyridine rings is 1. The number of aryl methyl sites for hydroxylation is 1. The monoisotopic (exact) mass is 550 g/mol. The van der Waals surface area contributed by atoms with Gasteiger partial charge in [0.25, 0.3) is 5.56 Å². The number of unbranched alkanes of at least 4 members (excludes halogenated alkanes) is 1. The highest BCUT2D eigenvalue weighted by molar-refractivity contribution is 5.80. The molecule has 0 atom stereocenters. The van der Waals surface area contributed by atoms with E-state index in [0.29, 0.717) is 29.9 Å². The Balaban J connectivity index is 1.67. The molecule has 2 heterocycles. The molecule has 39 heavy (non-hydrogen) atoms. The molecule has 4 aromatic rings. The number of nitrogens with zero attached hydrogens (tertiary/aromatic N) is 4. The van der Waals surface area contributed by atoms with Crippen molar-refractivity contribution in [3.63, 3.8) is 0 Å². The summed E-state index contributed by atoms with van der Waals surface area (Å²) >= 11 is 0. The number of aromatic amines is 1. The smallest absolute Gasteiger partial charge is 0.362 e. The molecule has 0 saturated carbocycles. The number of tetrazole rings is 1. The molecule has 0 radical (unpaired) electrons. The van der Waals surface area contributed by atoms with Crippen LogP contribution in [0, 0.1) is 0 Å². The van der Waals surface area contributed by atoms with E-state index in [1.807, 2.05) is 31.2 Å². The van der Waals surface area contributed by atoms with Gasteiger partial charge >= 0.3 is 12.4 Å². The van der Waals surface area contributed by atoms with Crippen molar-refractivity contribution >= 4 is 5.69 Å². The predicted molar refractivity (Wildman–Crippen MR) is 133 cm³/mol. The van der Waals surface area contributed by atoms with E-state index in [2.05, 4.69) is 20.6 Å². The molecule has 2 N–H and O–H groups in total. The summed E-state index contributed by atoms with van der Waals surface area (Å²) in [5.74, 6) is 0.405. The van der Waals surface area contributed by atoms with Gasteiger partial charge in [0, 0.05) is 11.3 Å². The van der Waals surface area contributed by atoms with Gasteiger partial charge in [-0.15, -0.1) is 10.2 Å². The molecule has 206 valence electrons. The van der Waals surface area contributed by atoms with E-state index in [1.165, 1.54) is 16.0 Å². The van der Waals surface area contributed by atoms with Crippen molar-refractivity contribution in [1.29, 1.82) is 0 Å². The van der Waals surface area contributed by atoms with Crippen LogP contribution in [0.2, 0.25) is 0 Å². The Bertz CT molecular complexity index is 1430. The zero-order chi connectivity index (χ0) is 28.2. The van der Waals surface area contributed by atoms with Gasteiger partial charge in [0.15, 0.2) is 0 Å². The Morgan fingerprint density at radius 3 is 2.18 bits per heavy atom. The van der Waals surface area contributed by atoms with Gasteiger partial charge in [-0.1, -0.05) is 61.9 Å². The van der Waals surface area contributed by atoms with Crippen LogP contribution in [0.5, 0.6) is 0 Å². The summed E-state index contributed by atoms with van der Waals surface area (Å²) < 4.78 is 79.9. The van der Waals surface area contributed by atoms with Gasteiger partial charge in [0.05, 0.1) is 6.54 Å². The lowest BCUT2D eigenvalue weighted by atomic mass is 9.98. The highest BCUT2D eigenvalue weighted by Crippen LogP contribution is 2.35. The van der Waals surface area contributed by atoms with E-state index in [-0.39, 0.29) is 6.54 Å². The average molecular weight is 551 g/mol. The zero-order valence-corrected chi connectivity index (χ0v) is 20.6. The molecule has 2 aromatic carbocycles. The van der Waals surface area contributed by atoms with Crippen LogP contribution in [0.25, 0.3) is 22.5 Å². The number of alkyl halides is 6. The lowest BCUT2D eigenvalue weighted by Gasteiger charge is -2.25. The van der Waals surface area contributed by atoms with Crippen LogP contribution in [0.1, 0.15) is 31.0 Å². The van der Waals surface area contributed by atoms with Crippen molar-refractivity contribution in [2.75, 3.05) is 5.32 Å². The maximum Gasteiger partial charge on any atom is 0.417 e. The minimum atomic E-state index is -5.63. The first kappa shape index (κ1) is 27.9. The molecule has 0 fully saturated rings. The fourth-order valence-corrected chi connectivity index (χ4v) is 4.16. The molecule has 0 amide bonds. The molecule has 0 bridgehead atoms. The lowest BCUT2D eigenvalue weighted by molar-refractivity contribution is -0.242. The second kappa shape index (κ2) is 11.3. The largest absolute Gasteiger partial charge is 0.417 e. The fraction of sp³-hybridized carbons (Fsp3) is 0.308. The fourth-order valence-electron chi connectivity index (χ4n) is 4.16. The molecular formula is C26H24F6N6O. The Hall–Kier alpha value is -4.16. The molecule has 0 saturated heterocycles.